The summed E-state index contributed by atoms with van der Waals surface area (Å²) in [7, 11) is 0. The molecule has 0 saturated carbocycles. The molecule has 0 atom stereocenters. The first-order valence-corrected chi connectivity index (χ1v) is 9.82. The molecule has 0 aliphatic carbocycles. The Balaban J connectivity index is 1.64. The van der Waals surface area contributed by atoms with Gasteiger partial charge in [-0.3, -0.25) is 5.73 Å². The summed E-state index contributed by atoms with van der Waals surface area (Å²) in [5.41, 5.74) is 11.5. The highest BCUT2D eigenvalue weighted by atomic mass is 79.9. The van der Waals surface area contributed by atoms with Gasteiger partial charge in [-0.1, -0.05) is 24.3 Å². The van der Waals surface area contributed by atoms with Crippen LogP contribution in [-0.2, 0) is 6.54 Å². The van der Waals surface area contributed by atoms with Crippen molar-refractivity contribution in [3.63, 3.8) is 0 Å². The van der Waals surface area contributed by atoms with Crippen LogP contribution in [0.5, 0.6) is 0 Å². The number of anilines is 1. The molecule has 0 aliphatic rings. The van der Waals surface area contributed by atoms with Crippen LogP contribution in [0.25, 0.3) is 16.9 Å². The third-order valence-corrected chi connectivity index (χ3v) is 5.08. The van der Waals surface area contributed by atoms with Crippen LogP contribution >= 0.6 is 15.9 Å². The molecule has 0 radical (unpaired) electrons. The number of rotatable bonds is 6. The Labute approximate surface area is 179 Å². The van der Waals surface area contributed by atoms with Crippen LogP contribution < -0.4 is 27.5 Å². The summed E-state index contributed by atoms with van der Waals surface area (Å²) in [4.78, 5) is 4.56. The molecule has 0 spiro atoms. The molecule has 0 bridgehead atoms. The van der Waals surface area contributed by atoms with E-state index in [0.29, 0.717) is 35.1 Å². The van der Waals surface area contributed by atoms with E-state index in [1.807, 2.05) is 24.3 Å². The second-order valence-electron chi connectivity index (χ2n) is 6.47. The molecule has 0 unspecified atom stereocenters. The average Bonchev–Trinajstić information content (AvgIpc) is 3.14. The molecule has 2 aromatic heterocycles. The van der Waals surface area contributed by atoms with Gasteiger partial charge in [0.05, 0.1) is 21.9 Å². The lowest BCUT2D eigenvalue weighted by Gasteiger charge is -2.11. The number of hydrazone groups is 1. The van der Waals surface area contributed by atoms with E-state index < -0.39 is 0 Å². The molecule has 10 heteroatoms. The van der Waals surface area contributed by atoms with Gasteiger partial charge < -0.3 is 5.32 Å². The Kier molecular flexibility index (Phi) is 5.59. The monoisotopic (exact) mass is 469 g/mol. The molecule has 0 amide bonds. The van der Waals surface area contributed by atoms with Crippen LogP contribution in [-0.4, -0.2) is 20.4 Å². The molecule has 30 heavy (non-hydrogen) atoms. The van der Waals surface area contributed by atoms with Gasteiger partial charge in [0, 0.05) is 18.2 Å². The second-order valence-corrected chi connectivity index (χ2v) is 7.32. The van der Waals surface area contributed by atoms with Gasteiger partial charge in [0.2, 0.25) is 0 Å². The fourth-order valence-electron chi connectivity index (χ4n) is 3.01. The molecular formula is C20H19BrFN8+. The molecule has 152 valence electrons. The van der Waals surface area contributed by atoms with Gasteiger partial charge in [0.25, 0.3) is 5.84 Å². The van der Waals surface area contributed by atoms with Gasteiger partial charge in [0.1, 0.15) is 11.6 Å². The molecule has 0 fully saturated rings. The van der Waals surface area contributed by atoms with Gasteiger partial charge in [-0.05, 0) is 45.8 Å². The van der Waals surface area contributed by atoms with Crippen LogP contribution in [0, 0.1) is 5.82 Å². The van der Waals surface area contributed by atoms with E-state index >= 15 is 0 Å². The maximum Gasteiger partial charge on any atom is 0.297 e. The minimum atomic E-state index is -0.332. The van der Waals surface area contributed by atoms with Crippen LogP contribution in [0.4, 0.5) is 10.2 Å². The molecule has 2 heterocycles. The second kappa shape index (κ2) is 8.47. The molecule has 0 saturated heterocycles. The summed E-state index contributed by atoms with van der Waals surface area (Å²) in [6.45, 7) is 0.524. The number of hydrogen-bond acceptors (Lipinski definition) is 5. The first-order valence-electron chi connectivity index (χ1n) is 9.03. The van der Waals surface area contributed by atoms with Gasteiger partial charge in [-0.15, -0.1) is 0 Å². The minimum absolute atomic E-state index is 0.332. The van der Waals surface area contributed by atoms with E-state index in [9.17, 15) is 4.39 Å². The van der Waals surface area contributed by atoms with Crippen molar-refractivity contribution in [3.05, 3.63) is 82.2 Å². The maximum atomic E-state index is 14.3. The number of fused-ring (bicyclic) bond motifs is 1. The number of hydrogen-bond donors (Lipinski definition) is 5. The van der Waals surface area contributed by atoms with E-state index in [1.165, 1.54) is 6.07 Å². The highest BCUT2D eigenvalue weighted by Gasteiger charge is 2.14. The van der Waals surface area contributed by atoms with E-state index in [4.69, 9.17) is 11.6 Å². The summed E-state index contributed by atoms with van der Waals surface area (Å²) in [6.07, 6.45) is 1.66. The maximum absolute atomic E-state index is 14.3. The number of nitrogens with two attached hydrogens (primary N) is 2. The Bertz CT molecular complexity index is 1220. The van der Waals surface area contributed by atoms with Gasteiger partial charge >= 0.3 is 0 Å². The van der Waals surface area contributed by atoms with Crippen molar-refractivity contribution in [2.24, 2.45) is 11.6 Å². The van der Waals surface area contributed by atoms with Crippen molar-refractivity contribution < 1.29 is 9.49 Å². The largest absolute Gasteiger partial charge is 0.366 e. The summed E-state index contributed by atoms with van der Waals surface area (Å²) in [5.74, 6) is 5.98. The predicted molar refractivity (Wildman–Crippen MR) is 116 cm³/mol. The van der Waals surface area contributed by atoms with Crippen molar-refractivity contribution in [1.29, 1.82) is 0 Å². The normalized spacial score (nSPS) is 11.6. The lowest BCUT2D eigenvalue weighted by Crippen LogP contribution is -2.87. The standard InChI is InChI=1S/C20H18BrFN8/c21-15-11-26-30-18(9-17(27-20(15)30)14-3-1-2-4-16(14)22)25-10-12-5-7-13(8-6-12)19(23)28-29-24/h1-9,11,25,29H,10,24H2,(H2,23,28)/p+1. The van der Waals surface area contributed by atoms with Crippen LogP contribution in [0.2, 0.25) is 0 Å². The first kappa shape index (κ1) is 19.8. The zero-order valence-corrected chi connectivity index (χ0v) is 17.3. The molecule has 4 aromatic rings. The zero-order chi connectivity index (χ0) is 21.1. The number of aromatic nitrogens is 3. The number of nitrogens with zero attached hydrogens (tertiary/aromatic N) is 3. The van der Waals surface area contributed by atoms with Crippen molar-refractivity contribution in [2.45, 2.75) is 6.54 Å². The number of hydrazine groups is 2. The number of halogens is 2. The fourth-order valence-corrected chi connectivity index (χ4v) is 3.36. The third-order valence-electron chi connectivity index (χ3n) is 4.52. The van der Waals surface area contributed by atoms with E-state index in [1.54, 1.807) is 35.0 Å². The number of nitrogens with one attached hydrogen (secondary N) is 3. The predicted octanol–water partition coefficient (Wildman–Crippen LogP) is 1.07. The van der Waals surface area contributed by atoms with Crippen LogP contribution in [0.1, 0.15) is 11.1 Å². The molecule has 2 aromatic carbocycles. The Morgan fingerprint density at radius 1 is 1.17 bits per heavy atom. The first-order chi connectivity index (χ1) is 14.6. The smallest absolute Gasteiger partial charge is 0.297 e. The summed E-state index contributed by atoms with van der Waals surface area (Å²) >= 11 is 3.46. The molecule has 8 nitrogen and oxygen atoms in total. The fraction of sp³-hybridized carbons (Fsp3) is 0.0500. The molecule has 4 rings (SSSR count). The van der Waals surface area contributed by atoms with Gasteiger partial charge in [-0.25, -0.2) is 15.2 Å². The zero-order valence-electron chi connectivity index (χ0n) is 15.7. The topological polar surface area (TPSA) is 120 Å². The molecule has 0 aliphatic heterocycles. The quantitative estimate of drug-likeness (QED) is 0.125. The van der Waals surface area contributed by atoms with Crippen molar-refractivity contribution in [2.75, 3.05) is 5.32 Å². The van der Waals surface area contributed by atoms with Crippen molar-refractivity contribution >= 4 is 33.2 Å². The van der Waals surface area contributed by atoms with E-state index in [-0.39, 0.29) is 5.82 Å². The van der Waals surface area contributed by atoms with Crippen molar-refractivity contribution in [1.82, 2.24) is 20.1 Å². The average molecular weight is 470 g/mol. The minimum Gasteiger partial charge on any atom is -0.366 e. The summed E-state index contributed by atoms with van der Waals surface area (Å²) < 4.78 is 16.7. The van der Waals surface area contributed by atoms with E-state index in [2.05, 4.69) is 42.0 Å². The summed E-state index contributed by atoms with van der Waals surface area (Å²) in [6, 6.07) is 16.0. The molecular weight excluding hydrogens is 451 g/mol. The number of benzene rings is 2. The highest BCUT2D eigenvalue weighted by Crippen LogP contribution is 2.27. The highest BCUT2D eigenvalue weighted by molar-refractivity contribution is 9.10. The van der Waals surface area contributed by atoms with Gasteiger partial charge in [0.15, 0.2) is 5.65 Å². The van der Waals surface area contributed by atoms with Crippen LogP contribution in [0.15, 0.2) is 65.3 Å². The SMILES string of the molecule is NN/[NH+]=C(\N)c1ccc(CNc2cc(-c3ccccc3F)nc3c(Br)cnn23)cc1. The lowest BCUT2D eigenvalue weighted by atomic mass is 10.1. The Morgan fingerprint density at radius 3 is 2.67 bits per heavy atom. The number of nitrogen functional groups attached to an aromatic ring is 1. The Morgan fingerprint density at radius 2 is 1.93 bits per heavy atom. The van der Waals surface area contributed by atoms with Crippen molar-refractivity contribution in [3.8, 4) is 11.3 Å². The van der Waals surface area contributed by atoms with Gasteiger partial charge in [-0.2, -0.15) is 20.3 Å². The van der Waals surface area contributed by atoms with Crippen LogP contribution in [0.3, 0.4) is 0 Å². The molecule has 7 N–H and O–H groups in total. The Hall–Kier alpha value is -3.50. The number of amidine groups is 1. The van der Waals surface area contributed by atoms with E-state index in [0.717, 1.165) is 15.6 Å². The summed E-state index contributed by atoms with van der Waals surface area (Å²) in [5, 5.41) is 10.3. The lowest BCUT2D eigenvalue weighted by molar-refractivity contribution is -0.528. The third kappa shape index (κ3) is 3.95.